The van der Waals surface area contributed by atoms with Gasteiger partial charge in [-0.05, 0) is 29.5 Å². The Bertz CT molecular complexity index is 318. The molecule has 2 nitrogen and oxygen atoms in total. The van der Waals surface area contributed by atoms with Crippen LogP contribution >= 0.6 is 0 Å². The van der Waals surface area contributed by atoms with Gasteiger partial charge in [0.25, 0.3) is 0 Å². The fraction of sp³-hybridized carbons (Fsp3) is 0.500. The van der Waals surface area contributed by atoms with E-state index in [1.165, 1.54) is 5.56 Å². The molecule has 0 saturated heterocycles. The summed E-state index contributed by atoms with van der Waals surface area (Å²) < 4.78 is 0. The summed E-state index contributed by atoms with van der Waals surface area (Å²) in [4.78, 5) is 0. The molecule has 78 valence electrons. The highest BCUT2D eigenvalue weighted by Gasteiger charge is 2.12. The Morgan fingerprint density at radius 2 is 2.00 bits per heavy atom. The number of rotatable bonds is 3. The fourth-order valence-corrected chi connectivity index (χ4v) is 1.84. The van der Waals surface area contributed by atoms with E-state index < -0.39 is 0 Å². The molecular weight excluding hydrogens is 174 g/mol. The lowest BCUT2D eigenvalue weighted by atomic mass is 9.92. The molecule has 0 aliphatic rings. The predicted octanol–water partition coefficient (Wildman–Crippen LogP) is 3.05. The highest BCUT2D eigenvalue weighted by molar-refractivity contribution is 5.61. The normalized spacial score (nSPS) is 10.9. The van der Waals surface area contributed by atoms with Crippen LogP contribution < -0.4 is 5.73 Å². The van der Waals surface area contributed by atoms with Gasteiger partial charge in [-0.3, -0.25) is 0 Å². The first-order valence-corrected chi connectivity index (χ1v) is 5.18. The molecule has 0 saturated carbocycles. The zero-order valence-corrected chi connectivity index (χ0v) is 9.17. The highest BCUT2D eigenvalue weighted by Crippen LogP contribution is 2.33. The average molecular weight is 193 g/mol. The highest BCUT2D eigenvalue weighted by atomic mass is 16.3. The topological polar surface area (TPSA) is 46.2 Å². The number of aromatic hydroxyl groups is 1. The largest absolute Gasteiger partial charge is 0.506 e. The van der Waals surface area contributed by atoms with Crippen molar-refractivity contribution in [2.75, 3.05) is 5.73 Å². The van der Waals surface area contributed by atoms with Gasteiger partial charge < -0.3 is 10.8 Å². The lowest BCUT2D eigenvalue weighted by Gasteiger charge is -2.16. The second kappa shape index (κ2) is 4.36. The van der Waals surface area contributed by atoms with Gasteiger partial charge in [-0.2, -0.15) is 0 Å². The summed E-state index contributed by atoms with van der Waals surface area (Å²) in [6.45, 7) is 6.35. The number of phenols is 1. The molecule has 0 heterocycles. The summed E-state index contributed by atoms with van der Waals surface area (Å²) in [5, 5.41) is 9.52. The fourth-order valence-electron chi connectivity index (χ4n) is 1.84. The molecule has 0 amide bonds. The van der Waals surface area contributed by atoms with Gasteiger partial charge in [-0.15, -0.1) is 0 Å². The van der Waals surface area contributed by atoms with Crippen molar-refractivity contribution in [3.05, 3.63) is 23.3 Å². The minimum atomic E-state index is 0.202. The van der Waals surface area contributed by atoms with Gasteiger partial charge in [-0.25, -0.2) is 0 Å². The molecule has 0 atom stereocenters. The van der Waals surface area contributed by atoms with Gasteiger partial charge >= 0.3 is 0 Å². The first kappa shape index (κ1) is 10.9. The lowest BCUT2D eigenvalue weighted by molar-refractivity contribution is 0.476. The van der Waals surface area contributed by atoms with E-state index in [1.807, 2.05) is 6.07 Å². The average Bonchev–Trinajstić information content (AvgIpc) is 2.11. The summed E-state index contributed by atoms with van der Waals surface area (Å²) in [5.41, 5.74) is 8.78. The van der Waals surface area contributed by atoms with Gasteiger partial charge in [-0.1, -0.05) is 33.3 Å². The van der Waals surface area contributed by atoms with Gasteiger partial charge in [0.05, 0.1) is 5.69 Å². The van der Waals surface area contributed by atoms with Crippen molar-refractivity contribution in [3.8, 4) is 5.75 Å². The monoisotopic (exact) mass is 193 g/mol. The Hall–Kier alpha value is -1.18. The van der Waals surface area contributed by atoms with E-state index in [0.29, 0.717) is 11.6 Å². The van der Waals surface area contributed by atoms with Crippen LogP contribution in [0.15, 0.2) is 12.1 Å². The van der Waals surface area contributed by atoms with E-state index in [-0.39, 0.29) is 5.75 Å². The van der Waals surface area contributed by atoms with Crippen molar-refractivity contribution in [2.45, 2.75) is 39.5 Å². The molecule has 0 aliphatic heterocycles. The quantitative estimate of drug-likeness (QED) is 0.572. The number of benzene rings is 1. The minimum Gasteiger partial charge on any atom is -0.506 e. The van der Waals surface area contributed by atoms with Crippen LogP contribution in [0, 0.1) is 0 Å². The number of phenolic OH excluding ortho intramolecular Hbond substituents is 1. The van der Waals surface area contributed by atoms with Gasteiger partial charge in [0, 0.05) is 0 Å². The van der Waals surface area contributed by atoms with Crippen molar-refractivity contribution in [2.24, 2.45) is 0 Å². The van der Waals surface area contributed by atoms with Crippen molar-refractivity contribution < 1.29 is 5.11 Å². The second-order valence-electron chi connectivity index (χ2n) is 3.98. The summed E-state index contributed by atoms with van der Waals surface area (Å²) in [7, 11) is 0. The van der Waals surface area contributed by atoms with Crippen LogP contribution in [0.3, 0.4) is 0 Å². The SMILES string of the molecule is CCCc1ccc(O)c(N)c1C(C)C. The van der Waals surface area contributed by atoms with Gasteiger partial charge in [0.2, 0.25) is 0 Å². The molecule has 0 radical (unpaired) electrons. The first-order chi connectivity index (χ1) is 6.57. The smallest absolute Gasteiger partial charge is 0.138 e. The van der Waals surface area contributed by atoms with E-state index in [0.717, 1.165) is 18.4 Å². The standard InChI is InChI=1S/C12H19NO/c1-4-5-9-6-7-10(14)12(13)11(9)8(2)3/h6-8,14H,4-5,13H2,1-3H3. The van der Waals surface area contributed by atoms with E-state index in [2.05, 4.69) is 20.8 Å². The zero-order chi connectivity index (χ0) is 10.7. The molecule has 1 rings (SSSR count). The van der Waals surface area contributed by atoms with E-state index in [4.69, 9.17) is 5.73 Å². The molecule has 3 N–H and O–H groups in total. The second-order valence-corrected chi connectivity index (χ2v) is 3.98. The Kier molecular flexibility index (Phi) is 3.39. The molecular formula is C12H19NO. The number of anilines is 1. The third-order valence-electron chi connectivity index (χ3n) is 2.45. The zero-order valence-electron chi connectivity index (χ0n) is 9.17. The molecule has 14 heavy (non-hydrogen) atoms. The Labute approximate surface area is 85.8 Å². The van der Waals surface area contributed by atoms with Crippen LogP contribution in [-0.4, -0.2) is 5.11 Å². The minimum absolute atomic E-state index is 0.202. The van der Waals surface area contributed by atoms with E-state index in [1.54, 1.807) is 6.07 Å². The Morgan fingerprint density at radius 3 is 2.50 bits per heavy atom. The maximum absolute atomic E-state index is 9.52. The molecule has 0 unspecified atom stereocenters. The van der Waals surface area contributed by atoms with E-state index in [9.17, 15) is 5.11 Å². The molecule has 0 spiro atoms. The van der Waals surface area contributed by atoms with Crippen LogP contribution in [0.2, 0.25) is 0 Å². The molecule has 2 heteroatoms. The molecule has 0 aliphatic carbocycles. The summed E-state index contributed by atoms with van der Waals surface area (Å²) in [6, 6.07) is 3.66. The number of nitrogens with two attached hydrogens (primary N) is 1. The molecule has 0 bridgehead atoms. The molecule has 1 aromatic carbocycles. The number of hydrogen-bond donors (Lipinski definition) is 2. The van der Waals surface area contributed by atoms with Crippen LogP contribution in [0.25, 0.3) is 0 Å². The molecule has 0 aromatic heterocycles. The summed E-state index contributed by atoms with van der Waals surface area (Å²) in [6.07, 6.45) is 2.13. The number of aryl methyl sites for hydroxylation is 1. The Balaban J connectivity index is 3.23. The van der Waals surface area contributed by atoms with Crippen LogP contribution in [-0.2, 0) is 6.42 Å². The Morgan fingerprint density at radius 1 is 1.36 bits per heavy atom. The van der Waals surface area contributed by atoms with Crippen molar-refractivity contribution in [1.82, 2.24) is 0 Å². The molecule has 1 aromatic rings. The maximum atomic E-state index is 9.52. The van der Waals surface area contributed by atoms with E-state index >= 15 is 0 Å². The summed E-state index contributed by atoms with van der Waals surface area (Å²) >= 11 is 0. The van der Waals surface area contributed by atoms with Crippen molar-refractivity contribution >= 4 is 5.69 Å². The third kappa shape index (κ3) is 2.00. The van der Waals surface area contributed by atoms with Crippen LogP contribution in [0.5, 0.6) is 5.75 Å². The number of hydrogen-bond acceptors (Lipinski definition) is 2. The number of nitrogen functional groups attached to an aromatic ring is 1. The molecule has 0 fully saturated rings. The van der Waals surface area contributed by atoms with Crippen LogP contribution in [0.4, 0.5) is 5.69 Å². The predicted molar refractivity (Wildman–Crippen MR) is 60.6 cm³/mol. The third-order valence-corrected chi connectivity index (χ3v) is 2.45. The first-order valence-electron chi connectivity index (χ1n) is 5.18. The lowest BCUT2D eigenvalue weighted by Crippen LogP contribution is -2.02. The summed E-state index contributed by atoms with van der Waals surface area (Å²) in [5.74, 6) is 0.567. The van der Waals surface area contributed by atoms with Crippen molar-refractivity contribution in [3.63, 3.8) is 0 Å². The van der Waals surface area contributed by atoms with Crippen LogP contribution in [0.1, 0.15) is 44.2 Å². The van der Waals surface area contributed by atoms with Gasteiger partial charge in [0.1, 0.15) is 5.75 Å². The maximum Gasteiger partial charge on any atom is 0.138 e. The van der Waals surface area contributed by atoms with Gasteiger partial charge in [0.15, 0.2) is 0 Å². The van der Waals surface area contributed by atoms with Crippen molar-refractivity contribution in [1.29, 1.82) is 0 Å².